The molecule has 0 amide bonds. The van der Waals surface area contributed by atoms with E-state index in [0.29, 0.717) is 18.2 Å². The maximum Gasteiger partial charge on any atom is 0.338 e. The molecule has 1 aliphatic carbocycles. The summed E-state index contributed by atoms with van der Waals surface area (Å²) in [7, 11) is 0. The lowest BCUT2D eigenvalue weighted by atomic mass is 9.84. The molecule has 1 aliphatic rings. The molecule has 0 aliphatic heterocycles. The Hall–Kier alpha value is -1.51. The van der Waals surface area contributed by atoms with E-state index in [4.69, 9.17) is 4.74 Å². The largest absolute Gasteiger partial charge is 0.462 e. The molecule has 3 heteroatoms. The summed E-state index contributed by atoms with van der Waals surface area (Å²) in [6.07, 6.45) is 6.46. The monoisotopic (exact) mass is 275 g/mol. The number of ether oxygens (including phenoxy) is 1. The summed E-state index contributed by atoms with van der Waals surface area (Å²) < 4.78 is 4.98. The Kier molecular flexibility index (Phi) is 5.45. The van der Waals surface area contributed by atoms with Crippen molar-refractivity contribution in [3.05, 3.63) is 29.8 Å². The average Bonchev–Trinajstić information content (AvgIpc) is 2.49. The van der Waals surface area contributed by atoms with Crippen molar-refractivity contribution in [1.82, 2.24) is 0 Å². The molecular weight excluding hydrogens is 250 g/mol. The molecule has 1 saturated carbocycles. The number of anilines is 1. The minimum atomic E-state index is -0.248. The van der Waals surface area contributed by atoms with E-state index in [1.54, 1.807) is 0 Å². The molecule has 1 aromatic rings. The predicted octanol–water partition coefficient (Wildman–Crippen LogP) is 4.24. The topological polar surface area (TPSA) is 38.3 Å². The van der Waals surface area contributed by atoms with E-state index in [-0.39, 0.29) is 5.97 Å². The Balaban J connectivity index is 1.86. The highest BCUT2D eigenvalue weighted by Gasteiger charge is 2.19. The molecule has 1 fully saturated rings. The van der Waals surface area contributed by atoms with Gasteiger partial charge in [-0.1, -0.05) is 13.3 Å². The summed E-state index contributed by atoms with van der Waals surface area (Å²) in [5.74, 6) is 0.668. The molecule has 0 heterocycles. The minimum absolute atomic E-state index is 0.248. The summed E-state index contributed by atoms with van der Waals surface area (Å²) in [4.78, 5) is 11.6. The second-order valence-corrected chi connectivity index (χ2v) is 5.57. The number of carbonyl (C=O) groups is 1. The van der Waals surface area contributed by atoms with Crippen molar-refractivity contribution in [2.24, 2.45) is 5.92 Å². The zero-order valence-corrected chi connectivity index (χ0v) is 12.5. The van der Waals surface area contributed by atoms with Gasteiger partial charge in [-0.15, -0.1) is 0 Å². The van der Waals surface area contributed by atoms with Crippen LogP contribution in [0.4, 0.5) is 5.69 Å². The van der Waals surface area contributed by atoms with Crippen LogP contribution in [0.5, 0.6) is 0 Å². The molecule has 0 aromatic heterocycles. The van der Waals surface area contributed by atoms with Crippen molar-refractivity contribution >= 4 is 11.7 Å². The SMILES string of the molecule is CCOC(=O)c1ccc(NC2CCC(CC)CC2)cc1. The third-order valence-electron chi connectivity index (χ3n) is 4.19. The molecular formula is C17H25NO2. The number of hydrogen-bond donors (Lipinski definition) is 1. The predicted molar refractivity (Wildman–Crippen MR) is 82.1 cm³/mol. The molecule has 0 spiro atoms. The van der Waals surface area contributed by atoms with Gasteiger partial charge < -0.3 is 10.1 Å². The lowest BCUT2D eigenvalue weighted by molar-refractivity contribution is 0.0526. The maximum absolute atomic E-state index is 11.6. The van der Waals surface area contributed by atoms with Gasteiger partial charge in [0.05, 0.1) is 12.2 Å². The van der Waals surface area contributed by atoms with E-state index in [1.807, 2.05) is 31.2 Å². The quantitative estimate of drug-likeness (QED) is 0.817. The van der Waals surface area contributed by atoms with Gasteiger partial charge >= 0.3 is 5.97 Å². The second-order valence-electron chi connectivity index (χ2n) is 5.57. The van der Waals surface area contributed by atoms with Gasteiger partial charge in [-0.2, -0.15) is 0 Å². The average molecular weight is 275 g/mol. The smallest absolute Gasteiger partial charge is 0.338 e. The zero-order valence-electron chi connectivity index (χ0n) is 12.5. The Morgan fingerprint density at radius 2 is 1.80 bits per heavy atom. The fourth-order valence-electron chi connectivity index (χ4n) is 2.87. The summed E-state index contributed by atoms with van der Waals surface area (Å²) in [5, 5.41) is 3.57. The first-order valence-corrected chi connectivity index (χ1v) is 7.76. The molecule has 3 nitrogen and oxygen atoms in total. The third kappa shape index (κ3) is 3.99. The maximum atomic E-state index is 11.6. The van der Waals surface area contributed by atoms with Crippen LogP contribution in [0, 0.1) is 5.92 Å². The van der Waals surface area contributed by atoms with Crippen LogP contribution in [0.2, 0.25) is 0 Å². The van der Waals surface area contributed by atoms with Gasteiger partial charge in [0.25, 0.3) is 0 Å². The summed E-state index contributed by atoms with van der Waals surface area (Å²) in [6.45, 7) is 4.52. The molecule has 110 valence electrons. The number of esters is 1. The van der Waals surface area contributed by atoms with Crippen molar-refractivity contribution < 1.29 is 9.53 Å². The molecule has 1 N–H and O–H groups in total. The van der Waals surface area contributed by atoms with Crippen molar-refractivity contribution in [2.45, 2.75) is 52.0 Å². The lowest BCUT2D eigenvalue weighted by Crippen LogP contribution is -2.25. The van der Waals surface area contributed by atoms with Crippen LogP contribution in [0.15, 0.2) is 24.3 Å². The fraction of sp³-hybridized carbons (Fsp3) is 0.588. The molecule has 0 atom stereocenters. The number of carbonyl (C=O) groups excluding carboxylic acids is 1. The highest BCUT2D eigenvalue weighted by molar-refractivity contribution is 5.89. The van der Waals surface area contributed by atoms with E-state index >= 15 is 0 Å². The highest BCUT2D eigenvalue weighted by Crippen LogP contribution is 2.28. The van der Waals surface area contributed by atoms with Crippen LogP contribution in [-0.4, -0.2) is 18.6 Å². The minimum Gasteiger partial charge on any atom is -0.462 e. The first-order chi connectivity index (χ1) is 9.72. The third-order valence-corrected chi connectivity index (χ3v) is 4.19. The van der Waals surface area contributed by atoms with E-state index < -0.39 is 0 Å². The zero-order chi connectivity index (χ0) is 14.4. The summed E-state index contributed by atoms with van der Waals surface area (Å²) in [6, 6.07) is 8.18. The molecule has 0 unspecified atom stereocenters. The van der Waals surface area contributed by atoms with E-state index in [0.717, 1.165) is 11.6 Å². The number of nitrogens with one attached hydrogen (secondary N) is 1. The van der Waals surface area contributed by atoms with E-state index in [1.165, 1.54) is 32.1 Å². The van der Waals surface area contributed by atoms with Crippen LogP contribution in [0.3, 0.4) is 0 Å². The molecule has 0 radical (unpaired) electrons. The molecule has 2 rings (SSSR count). The van der Waals surface area contributed by atoms with Gasteiger partial charge in [0.1, 0.15) is 0 Å². The Morgan fingerprint density at radius 3 is 2.35 bits per heavy atom. The van der Waals surface area contributed by atoms with Crippen LogP contribution < -0.4 is 5.32 Å². The Bertz CT molecular complexity index is 419. The normalized spacial score (nSPS) is 22.3. The number of rotatable bonds is 5. The Labute approximate surface area is 121 Å². The van der Waals surface area contributed by atoms with Gasteiger partial charge in [-0.05, 0) is 62.8 Å². The highest BCUT2D eigenvalue weighted by atomic mass is 16.5. The lowest BCUT2D eigenvalue weighted by Gasteiger charge is -2.29. The molecule has 1 aromatic carbocycles. The van der Waals surface area contributed by atoms with Gasteiger partial charge in [0.2, 0.25) is 0 Å². The Morgan fingerprint density at radius 1 is 1.15 bits per heavy atom. The first kappa shape index (κ1) is 14.9. The van der Waals surface area contributed by atoms with Crippen LogP contribution in [0.1, 0.15) is 56.3 Å². The van der Waals surface area contributed by atoms with Crippen molar-refractivity contribution in [2.75, 3.05) is 11.9 Å². The van der Waals surface area contributed by atoms with Gasteiger partial charge in [0, 0.05) is 11.7 Å². The molecule has 0 bridgehead atoms. The van der Waals surface area contributed by atoms with Crippen molar-refractivity contribution in [3.8, 4) is 0 Å². The van der Waals surface area contributed by atoms with E-state index in [9.17, 15) is 4.79 Å². The second kappa shape index (κ2) is 7.32. The van der Waals surface area contributed by atoms with Crippen molar-refractivity contribution in [3.63, 3.8) is 0 Å². The van der Waals surface area contributed by atoms with Gasteiger partial charge in [-0.3, -0.25) is 0 Å². The fourth-order valence-corrected chi connectivity index (χ4v) is 2.87. The van der Waals surface area contributed by atoms with E-state index in [2.05, 4.69) is 12.2 Å². The standard InChI is InChI=1S/C17H25NO2/c1-3-13-5-9-15(10-6-13)18-16-11-7-14(8-12-16)17(19)20-4-2/h7-8,11-13,15,18H,3-6,9-10H2,1-2H3. The molecule has 0 saturated heterocycles. The van der Waals surface area contributed by atoms with Crippen LogP contribution in [0.25, 0.3) is 0 Å². The van der Waals surface area contributed by atoms with Gasteiger partial charge in [-0.25, -0.2) is 4.79 Å². The summed E-state index contributed by atoms with van der Waals surface area (Å²) >= 11 is 0. The number of benzene rings is 1. The van der Waals surface area contributed by atoms with Crippen LogP contribution in [-0.2, 0) is 4.74 Å². The van der Waals surface area contributed by atoms with Gasteiger partial charge in [0.15, 0.2) is 0 Å². The van der Waals surface area contributed by atoms with Crippen LogP contribution >= 0.6 is 0 Å². The molecule has 20 heavy (non-hydrogen) atoms. The number of hydrogen-bond acceptors (Lipinski definition) is 3. The first-order valence-electron chi connectivity index (χ1n) is 7.76. The van der Waals surface area contributed by atoms with Crippen molar-refractivity contribution in [1.29, 1.82) is 0 Å². The summed E-state index contributed by atoms with van der Waals surface area (Å²) in [5.41, 5.74) is 1.71.